The highest BCUT2D eigenvalue weighted by molar-refractivity contribution is 7.22. The number of thiazole rings is 1. The third kappa shape index (κ3) is 4.92. The second-order valence-electron chi connectivity index (χ2n) is 7.04. The Labute approximate surface area is 187 Å². The molecule has 0 saturated heterocycles. The number of hydrogen-bond donors (Lipinski definition) is 1. The van der Waals surface area contributed by atoms with Gasteiger partial charge in [-0.15, -0.1) is 0 Å². The van der Waals surface area contributed by atoms with Crippen molar-refractivity contribution in [1.82, 2.24) is 19.9 Å². The fourth-order valence-corrected chi connectivity index (χ4v) is 4.21. The first-order chi connectivity index (χ1) is 15.0. The molecule has 0 unspecified atom stereocenters. The van der Waals surface area contributed by atoms with E-state index < -0.39 is 0 Å². The van der Waals surface area contributed by atoms with Crippen molar-refractivity contribution >= 4 is 44.3 Å². The summed E-state index contributed by atoms with van der Waals surface area (Å²) in [4.78, 5) is 35.9. The molecule has 0 saturated carbocycles. The normalized spacial score (nSPS) is 10.9. The second kappa shape index (κ2) is 9.28. The first-order valence-electron chi connectivity index (χ1n) is 9.62. The number of rotatable bonds is 7. The zero-order valence-electron chi connectivity index (χ0n) is 16.8. The third-order valence-corrected chi connectivity index (χ3v) is 6.22. The van der Waals surface area contributed by atoms with Crippen LogP contribution in [0.3, 0.4) is 0 Å². The number of hydrogen-bond acceptors (Lipinski definition) is 6. The van der Waals surface area contributed by atoms with Gasteiger partial charge in [0.05, 0.1) is 0 Å². The number of carbonyl (C=O) groups excluding carboxylic acids is 1. The molecule has 0 bridgehead atoms. The van der Waals surface area contributed by atoms with E-state index in [1.807, 2.05) is 60.5 Å². The SMILES string of the molecule is CN(Cc1ccccc1)c1nc2ncn(CC(=O)NCc3ccccc3Cl)c(=O)c2s1. The summed E-state index contributed by atoms with van der Waals surface area (Å²) in [6, 6.07) is 17.3. The van der Waals surface area contributed by atoms with E-state index in [0.717, 1.165) is 11.1 Å². The maximum atomic E-state index is 12.9. The molecule has 1 N–H and O–H groups in total. The first kappa shape index (κ1) is 21.0. The van der Waals surface area contributed by atoms with Crippen molar-refractivity contribution in [3.05, 3.63) is 87.4 Å². The Kier molecular flexibility index (Phi) is 6.29. The minimum absolute atomic E-state index is 0.126. The number of anilines is 1. The van der Waals surface area contributed by atoms with E-state index in [9.17, 15) is 9.59 Å². The Bertz CT molecular complexity index is 1270. The average molecular weight is 454 g/mol. The van der Waals surface area contributed by atoms with Crippen LogP contribution in [0.4, 0.5) is 5.13 Å². The molecule has 2 aromatic heterocycles. The van der Waals surface area contributed by atoms with E-state index in [1.165, 1.54) is 22.2 Å². The van der Waals surface area contributed by atoms with Crippen molar-refractivity contribution in [3.63, 3.8) is 0 Å². The molecule has 0 spiro atoms. The van der Waals surface area contributed by atoms with Crippen LogP contribution < -0.4 is 15.8 Å². The fraction of sp³-hybridized carbons (Fsp3) is 0.182. The second-order valence-corrected chi connectivity index (χ2v) is 8.42. The van der Waals surface area contributed by atoms with Crippen LogP contribution in [0.25, 0.3) is 10.3 Å². The van der Waals surface area contributed by atoms with Crippen molar-refractivity contribution in [2.75, 3.05) is 11.9 Å². The summed E-state index contributed by atoms with van der Waals surface area (Å²) in [5, 5.41) is 4.06. The molecule has 0 atom stereocenters. The summed E-state index contributed by atoms with van der Waals surface area (Å²) in [5.41, 5.74) is 2.06. The summed E-state index contributed by atoms with van der Waals surface area (Å²) in [7, 11) is 1.92. The summed E-state index contributed by atoms with van der Waals surface area (Å²) in [6.45, 7) is 0.830. The molecule has 9 heteroatoms. The number of fused-ring (bicyclic) bond motifs is 1. The van der Waals surface area contributed by atoms with Gasteiger partial charge >= 0.3 is 0 Å². The molecule has 0 aliphatic heterocycles. The van der Waals surface area contributed by atoms with E-state index in [1.54, 1.807) is 6.07 Å². The van der Waals surface area contributed by atoms with Gasteiger partial charge in [-0.3, -0.25) is 14.2 Å². The molecule has 4 rings (SSSR count). The van der Waals surface area contributed by atoms with Crippen LogP contribution in [0.15, 0.2) is 65.7 Å². The van der Waals surface area contributed by atoms with E-state index >= 15 is 0 Å². The predicted octanol–water partition coefficient (Wildman–Crippen LogP) is 3.46. The summed E-state index contributed by atoms with van der Waals surface area (Å²) >= 11 is 7.39. The van der Waals surface area contributed by atoms with E-state index in [0.29, 0.717) is 27.0 Å². The molecule has 0 fully saturated rings. The number of aromatic nitrogens is 3. The molecule has 2 heterocycles. The Balaban J connectivity index is 1.47. The minimum atomic E-state index is -0.297. The van der Waals surface area contributed by atoms with Crippen molar-refractivity contribution in [1.29, 1.82) is 0 Å². The van der Waals surface area contributed by atoms with Gasteiger partial charge in [-0.2, -0.15) is 4.98 Å². The standard InChI is InChI=1S/C22H20ClN5O2S/c1-27(12-15-7-3-2-4-8-15)22-26-20-19(31-22)21(30)28(14-25-20)13-18(29)24-11-16-9-5-6-10-17(16)23/h2-10,14H,11-13H2,1H3,(H,24,29). The highest BCUT2D eigenvalue weighted by atomic mass is 35.5. The molecule has 7 nitrogen and oxygen atoms in total. The van der Waals surface area contributed by atoms with Gasteiger partial charge in [0.1, 0.15) is 17.6 Å². The zero-order chi connectivity index (χ0) is 21.8. The van der Waals surface area contributed by atoms with Gasteiger partial charge in [0.25, 0.3) is 5.56 Å². The number of halogens is 1. The van der Waals surface area contributed by atoms with Gasteiger partial charge in [0, 0.05) is 25.2 Å². The molecular weight excluding hydrogens is 434 g/mol. The smallest absolute Gasteiger partial charge is 0.273 e. The van der Waals surface area contributed by atoms with Crippen LogP contribution in [0, 0.1) is 0 Å². The number of amides is 1. The van der Waals surface area contributed by atoms with Gasteiger partial charge in [-0.05, 0) is 17.2 Å². The predicted molar refractivity (Wildman–Crippen MR) is 124 cm³/mol. The molecular formula is C22H20ClN5O2S. The molecule has 1 amide bonds. The average Bonchev–Trinajstić information content (AvgIpc) is 3.21. The van der Waals surface area contributed by atoms with Gasteiger partial charge < -0.3 is 10.2 Å². The summed E-state index contributed by atoms with van der Waals surface area (Å²) in [6.07, 6.45) is 1.36. The lowest BCUT2D eigenvalue weighted by atomic mass is 10.2. The van der Waals surface area contributed by atoms with E-state index in [2.05, 4.69) is 15.3 Å². The highest BCUT2D eigenvalue weighted by Crippen LogP contribution is 2.25. The van der Waals surface area contributed by atoms with Gasteiger partial charge in [0.15, 0.2) is 10.8 Å². The maximum absolute atomic E-state index is 12.9. The quantitative estimate of drug-likeness (QED) is 0.463. The van der Waals surface area contributed by atoms with Crippen molar-refractivity contribution in [3.8, 4) is 0 Å². The van der Waals surface area contributed by atoms with Crippen molar-refractivity contribution < 1.29 is 4.79 Å². The van der Waals surface area contributed by atoms with Gasteiger partial charge in [-0.1, -0.05) is 71.5 Å². The van der Waals surface area contributed by atoms with Gasteiger partial charge in [0.2, 0.25) is 5.91 Å². The number of nitrogens with zero attached hydrogens (tertiary/aromatic N) is 4. The lowest BCUT2D eigenvalue weighted by Gasteiger charge is -2.15. The lowest BCUT2D eigenvalue weighted by Crippen LogP contribution is -2.32. The monoisotopic (exact) mass is 453 g/mol. The Morgan fingerprint density at radius 2 is 1.90 bits per heavy atom. The first-order valence-corrected chi connectivity index (χ1v) is 10.8. The number of carbonyl (C=O) groups is 1. The minimum Gasteiger partial charge on any atom is -0.350 e. The Hall–Kier alpha value is -3.23. The largest absolute Gasteiger partial charge is 0.350 e. The molecule has 2 aromatic carbocycles. The van der Waals surface area contributed by atoms with Crippen LogP contribution in [-0.4, -0.2) is 27.5 Å². The zero-order valence-corrected chi connectivity index (χ0v) is 18.4. The highest BCUT2D eigenvalue weighted by Gasteiger charge is 2.15. The molecule has 0 radical (unpaired) electrons. The topological polar surface area (TPSA) is 80.1 Å². The van der Waals surface area contributed by atoms with Crippen LogP contribution in [0.1, 0.15) is 11.1 Å². The van der Waals surface area contributed by atoms with Crippen molar-refractivity contribution in [2.24, 2.45) is 0 Å². The number of benzene rings is 2. The number of nitrogens with one attached hydrogen (secondary N) is 1. The summed E-state index contributed by atoms with van der Waals surface area (Å²) < 4.78 is 1.72. The summed E-state index contributed by atoms with van der Waals surface area (Å²) in [5.74, 6) is -0.297. The third-order valence-electron chi connectivity index (χ3n) is 4.71. The molecule has 0 aliphatic carbocycles. The van der Waals surface area contributed by atoms with E-state index in [-0.39, 0.29) is 24.6 Å². The van der Waals surface area contributed by atoms with Crippen LogP contribution in [-0.2, 0) is 24.4 Å². The molecule has 31 heavy (non-hydrogen) atoms. The van der Waals surface area contributed by atoms with Crippen LogP contribution in [0.2, 0.25) is 5.02 Å². The van der Waals surface area contributed by atoms with Crippen LogP contribution in [0.5, 0.6) is 0 Å². The Morgan fingerprint density at radius 1 is 1.16 bits per heavy atom. The molecule has 0 aliphatic rings. The molecule has 158 valence electrons. The Morgan fingerprint density at radius 3 is 2.68 bits per heavy atom. The van der Waals surface area contributed by atoms with Crippen molar-refractivity contribution in [2.45, 2.75) is 19.6 Å². The van der Waals surface area contributed by atoms with Crippen LogP contribution >= 0.6 is 22.9 Å². The molecule has 4 aromatic rings. The lowest BCUT2D eigenvalue weighted by molar-refractivity contribution is -0.121. The van der Waals surface area contributed by atoms with E-state index in [4.69, 9.17) is 11.6 Å². The fourth-order valence-electron chi connectivity index (χ4n) is 3.08. The maximum Gasteiger partial charge on any atom is 0.273 e. The van der Waals surface area contributed by atoms with Gasteiger partial charge in [-0.25, -0.2) is 4.98 Å².